The van der Waals surface area contributed by atoms with Crippen molar-refractivity contribution in [1.82, 2.24) is 5.32 Å². The lowest BCUT2D eigenvalue weighted by molar-refractivity contribution is 0.441. The molecule has 1 N–H and O–H groups in total. The summed E-state index contributed by atoms with van der Waals surface area (Å²) in [6, 6.07) is 0.751. The molecule has 0 radical (unpaired) electrons. The van der Waals surface area contributed by atoms with Gasteiger partial charge in [0.25, 0.3) is 0 Å². The third-order valence-electron chi connectivity index (χ3n) is 3.28. The summed E-state index contributed by atoms with van der Waals surface area (Å²) in [5.41, 5.74) is 0. The van der Waals surface area contributed by atoms with Crippen LogP contribution in [0.25, 0.3) is 0 Å². The normalized spacial score (nSPS) is 12.6. The van der Waals surface area contributed by atoms with Crippen molar-refractivity contribution < 1.29 is 0 Å². The van der Waals surface area contributed by atoms with E-state index in [1.165, 1.54) is 64.2 Å². The number of rotatable bonds is 12. The Morgan fingerprint density at radius 2 is 1.62 bits per heavy atom. The SMILES string of the molecule is C=CCCCCCC(CCCCCC)NC. The van der Waals surface area contributed by atoms with Crippen LogP contribution in [0.5, 0.6) is 0 Å². The number of hydrogen-bond acceptors (Lipinski definition) is 1. The Morgan fingerprint density at radius 3 is 2.12 bits per heavy atom. The van der Waals surface area contributed by atoms with Crippen LogP contribution in [0.15, 0.2) is 12.7 Å². The van der Waals surface area contributed by atoms with Crippen LogP contribution in [0.4, 0.5) is 0 Å². The summed E-state index contributed by atoms with van der Waals surface area (Å²) in [7, 11) is 2.11. The minimum Gasteiger partial charge on any atom is -0.317 e. The lowest BCUT2D eigenvalue weighted by Crippen LogP contribution is -2.24. The Labute approximate surface area is 103 Å². The molecular weight excluding hydrogens is 194 g/mol. The van der Waals surface area contributed by atoms with Crippen LogP contribution in [0, 0.1) is 0 Å². The first-order valence-corrected chi connectivity index (χ1v) is 7.13. The molecule has 0 bridgehead atoms. The van der Waals surface area contributed by atoms with Gasteiger partial charge >= 0.3 is 0 Å². The molecule has 96 valence electrons. The zero-order chi connectivity index (χ0) is 12.1. The van der Waals surface area contributed by atoms with Crippen molar-refractivity contribution in [3.63, 3.8) is 0 Å². The van der Waals surface area contributed by atoms with Gasteiger partial charge in [-0.3, -0.25) is 0 Å². The van der Waals surface area contributed by atoms with Crippen LogP contribution in [-0.4, -0.2) is 13.1 Å². The van der Waals surface area contributed by atoms with Gasteiger partial charge in [-0.15, -0.1) is 6.58 Å². The second-order valence-corrected chi connectivity index (χ2v) is 4.76. The van der Waals surface area contributed by atoms with Crippen LogP contribution in [0.3, 0.4) is 0 Å². The van der Waals surface area contributed by atoms with Gasteiger partial charge in [0.2, 0.25) is 0 Å². The summed E-state index contributed by atoms with van der Waals surface area (Å²) >= 11 is 0. The summed E-state index contributed by atoms with van der Waals surface area (Å²) in [4.78, 5) is 0. The second kappa shape index (κ2) is 12.8. The quantitative estimate of drug-likeness (QED) is 0.375. The fourth-order valence-electron chi connectivity index (χ4n) is 2.11. The Hall–Kier alpha value is -0.300. The van der Waals surface area contributed by atoms with E-state index in [0.717, 1.165) is 6.04 Å². The molecule has 1 nitrogen and oxygen atoms in total. The van der Waals surface area contributed by atoms with E-state index in [1.54, 1.807) is 0 Å². The van der Waals surface area contributed by atoms with Gasteiger partial charge in [-0.25, -0.2) is 0 Å². The van der Waals surface area contributed by atoms with Crippen LogP contribution in [0.1, 0.15) is 71.1 Å². The smallest absolute Gasteiger partial charge is 0.00640 e. The highest BCUT2D eigenvalue weighted by Crippen LogP contribution is 2.12. The van der Waals surface area contributed by atoms with Crippen LogP contribution in [0.2, 0.25) is 0 Å². The van der Waals surface area contributed by atoms with Gasteiger partial charge < -0.3 is 5.32 Å². The highest BCUT2D eigenvalue weighted by atomic mass is 14.9. The molecule has 0 aromatic heterocycles. The molecule has 0 aliphatic heterocycles. The molecule has 1 heteroatoms. The van der Waals surface area contributed by atoms with Crippen molar-refractivity contribution in [2.75, 3.05) is 7.05 Å². The zero-order valence-corrected chi connectivity index (χ0v) is 11.4. The van der Waals surface area contributed by atoms with E-state index in [0.29, 0.717) is 0 Å². The minimum atomic E-state index is 0.751. The third-order valence-corrected chi connectivity index (χ3v) is 3.28. The predicted molar refractivity (Wildman–Crippen MR) is 74.9 cm³/mol. The Bertz CT molecular complexity index is 142. The lowest BCUT2D eigenvalue weighted by atomic mass is 10.0. The van der Waals surface area contributed by atoms with Gasteiger partial charge in [0.05, 0.1) is 0 Å². The van der Waals surface area contributed by atoms with Gasteiger partial charge in [0, 0.05) is 6.04 Å². The lowest BCUT2D eigenvalue weighted by Gasteiger charge is -2.15. The maximum absolute atomic E-state index is 3.76. The van der Waals surface area contributed by atoms with E-state index in [9.17, 15) is 0 Å². The first kappa shape index (κ1) is 15.7. The summed E-state index contributed by atoms with van der Waals surface area (Å²) in [6.45, 7) is 6.03. The molecular formula is C15H31N. The molecule has 0 aliphatic carbocycles. The molecule has 0 aromatic carbocycles. The summed E-state index contributed by atoms with van der Waals surface area (Å²) in [5, 5.41) is 3.45. The molecule has 0 saturated carbocycles. The predicted octanol–water partition coefficient (Wildman–Crippen LogP) is 4.68. The van der Waals surface area contributed by atoms with Crippen LogP contribution in [-0.2, 0) is 0 Å². The summed E-state index contributed by atoms with van der Waals surface area (Å²) < 4.78 is 0. The maximum atomic E-state index is 3.76. The van der Waals surface area contributed by atoms with Crippen LogP contribution >= 0.6 is 0 Å². The summed E-state index contributed by atoms with van der Waals surface area (Å²) in [5.74, 6) is 0. The topological polar surface area (TPSA) is 12.0 Å². The van der Waals surface area contributed by atoms with Gasteiger partial charge in [0.1, 0.15) is 0 Å². The van der Waals surface area contributed by atoms with E-state index >= 15 is 0 Å². The average Bonchev–Trinajstić information content (AvgIpc) is 2.31. The third kappa shape index (κ3) is 10.2. The van der Waals surface area contributed by atoms with Crippen molar-refractivity contribution in [2.45, 2.75) is 77.2 Å². The van der Waals surface area contributed by atoms with E-state index in [-0.39, 0.29) is 0 Å². The van der Waals surface area contributed by atoms with Crippen molar-refractivity contribution in [1.29, 1.82) is 0 Å². The standard InChI is InChI=1S/C15H31N/c1-4-6-8-10-12-14-15(16-3)13-11-9-7-5-2/h4,15-16H,1,5-14H2,2-3H3. The van der Waals surface area contributed by atoms with Gasteiger partial charge in [-0.1, -0.05) is 51.5 Å². The number of hydrogen-bond donors (Lipinski definition) is 1. The number of unbranched alkanes of at least 4 members (excludes halogenated alkanes) is 6. The molecule has 0 aliphatic rings. The Morgan fingerprint density at radius 1 is 1.00 bits per heavy atom. The van der Waals surface area contributed by atoms with Gasteiger partial charge in [0.15, 0.2) is 0 Å². The van der Waals surface area contributed by atoms with Gasteiger partial charge in [-0.05, 0) is 32.7 Å². The average molecular weight is 225 g/mol. The van der Waals surface area contributed by atoms with E-state index in [2.05, 4.69) is 25.9 Å². The first-order valence-electron chi connectivity index (χ1n) is 7.13. The molecule has 16 heavy (non-hydrogen) atoms. The molecule has 1 unspecified atom stereocenters. The van der Waals surface area contributed by atoms with E-state index in [1.807, 2.05) is 6.08 Å². The fraction of sp³-hybridized carbons (Fsp3) is 0.867. The fourth-order valence-corrected chi connectivity index (χ4v) is 2.11. The highest BCUT2D eigenvalue weighted by molar-refractivity contribution is 4.68. The maximum Gasteiger partial charge on any atom is 0.00640 e. The van der Waals surface area contributed by atoms with Crippen molar-refractivity contribution in [2.24, 2.45) is 0 Å². The van der Waals surface area contributed by atoms with Crippen molar-refractivity contribution in [3.8, 4) is 0 Å². The second-order valence-electron chi connectivity index (χ2n) is 4.76. The Balaban J connectivity index is 3.32. The Kier molecular flexibility index (Phi) is 12.5. The molecule has 0 aromatic rings. The monoisotopic (exact) mass is 225 g/mol. The molecule has 0 amide bonds. The largest absolute Gasteiger partial charge is 0.317 e. The molecule has 0 rings (SSSR count). The molecule has 0 heterocycles. The van der Waals surface area contributed by atoms with Crippen molar-refractivity contribution in [3.05, 3.63) is 12.7 Å². The first-order chi connectivity index (χ1) is 7.85. The molecule has 0 fully saturated rings. The molecule has 1 atom stereocenters. The minimum absolute atomic E-state index is 0.751. The van der Waals surface area contributed by atoms with Gasteiger partial charge in [-0.2, -0.15) is 0 Å². The number of nitrogens with one attached hydrogen (secondary N) is 1. The van der Waals surface area contributed by atoms with E-state index in [4.69, 9.17) is 0 Å². The molecule has 0 spiro atoms. The zero-order valence-electron chi connectivity index (χ0n) is 11.4. The van der Waals surface area contributed by atoms with Crippen molar-refractivity contribution >= 4 is 0 Å². The van der Waals surface area contributed by atoms with E-state index < -0.39 is 0 Å². The van der Waals surface area contributed by atoms with Crippen LogP contribution < -0.4 is 5.32 Å². The summed E-state index contributed by atoms with van der Waals surface area (Å²) in [6.07, 6.45) is 15.5. The number of allylic oxidation sites excluding steroid dienone is 1. The molecule has 0 saturated heterocycles. The highest BCUT2D eigenvalue weighted by Gasteiger charge is 2.04.